The van der Waals surface area contributed by atoms with E-state index in [1.807, 2.05) is 6.92 Å². The second-order valence-electron chi connectivity index (χ2n) is 5.96. The Kier molecular flexibility index (Phi) is 8.95. The number of anilines is 1. The van der Waals surface area contributed by atoms with Crippen LogP contribution < -0.4 is 20.1 Å². The predicted molar refractivity (Wildman–Crippen MR) is 107 cm³/mol. The number of hydrogen-bond acceptors (Lipinski definition) is 4. The van der Waals surface area contributed by atoms with Gasteiger partial charge in [-0.05, 0) is 30.7 Å². The van der Waals surface area contributed by atoms with Crippen molar-refractivity contribution >= 4 is 23.3 Å². The summed E-state index contributed by atoms with van der Waals surface area (Å²) >= 11 is 6.16. The fourth-order valence-electron chi connectivity index (χ4n) is 2.63. The molecule has 29 heavy (non-hydrogen) atoms. The van der Waals surface area contributed by atoms with Crippen LogP contribution >= 0.6 is 11.6 Å². The molecule has 158 valence electrons. The van der Waals surface area contributed by atoms with Crippen LogP contribution in [-0.2, 0) is 4.74 Å². The second kappa shape index (κ2) is 11.4. The van der Waals surface area contributed by atoms with Crippen molar-refractivity contribution in [3.05, 3.63) is 53.1 Å². The lowest BCUT2D eigenvalue weighted by Crippen LogP contribution is -2.32. The lowest BCUT2D eigenvalue weighted by atomic mass is 10.0. The van der Waals surface area contributed by atoms with Crippen molar-refractivity contribution in [2.45, 2.75) is 26.0 Å². The van der Waals surface area contributed by atoms with Gasteiger partial charge in [0.25, 0.3) is 0 Å². The molecule has 0 aliphatic heterocycles. The van der Waals surface area contributed by atoms with Gasteiger partial charge in [-0.1, -0.05) is 36.7 Å². The van der Waals surface area contributed by atoms with Crippen molar-refractivity contribution in [1.29, 1.82) is 0 Å². The molecule has 2 amide bonds. The van der Waals surface area contributed by atoms with E-state index in [2.05, 4.69) is 15.4 Å². The smallest absolute Gasteiger partial charge is 0.387 e. The Bertz CT molecular complexity index is 808. The van der Waals surface area contributed by atoms with Gasteiger partial charge in [-0.2, -0.15) is 8.78 Å². The molecule has 0 saturated heterocycles. The van der Waals surface area contributed by atoms with E-state index >= 15 is 0 Å². The minimum absolute atomic E-state index is 0.0234. The van der Waals surface area contributed by atoms with Gasteiger partial charge in [0.15, 0.2) is 0 Å². The number of alkyl halides is 2. The lowest BCUT2D eigenvalue weighted by Gasteiger charge is -2.21. The number of nitrogens with one attached hydrogen (secondary N) is 2. The van der Waals surface area contributed by atoms with Crippen molar-refractivity contribution in [3.8, 4) is 11.5 Å². The highest BCUT2D eigenvalue weighted by Gasteiger charge is 2.19. The Balaban J connectivity index is 2.03. The van der Waals surface area contributed by atoms with Crippen molar-refractivity contribution < 1.29 is 27.8 Å². The number of ether oxygens (including phenoxy) is 3. The standard InChI is InChI=1S/C20H23ClF2N2O4/c1-3-16(14-6-4-5-7-17(14)29-19(22)23)25-20(26)24-13-8-9-18(15(21)12-13)28-11-10-27-2/h4-9,12,16,19H,3,10-11H2,1-2H3,(H2,24,25,26). The van der Waals surface area contributed by atoms with Gasteiger partial charge in [-0.25, -0.2) is 4.79 Å². The third kappa shape index (κ3) is 7.07. The quantitative estimate of drug-likeness (QED) is 0.508. The number of hydrogen-bond donors (Lipinski definition) is 2. The molecular weight excluding hydrogens is 406 g/mol. The Labute approximate surface area is 173 Å². The van der Waals surface area contributed by atoms with E-state index in [4.69, 9.17) is 21.1 Å². The average molecular weight is 429 g/mol. The van der Waals surface area contributed by atoms with Gasteiger partial charge in [0.05, 0.1) is 17.7 Å². The van der Waals surface area contributed by atoms with Gasteiger partial charge < -0.3 is 24.8 Å². The summed E-state index contributed by atoms with van der Waals surface area (Å²) in [7, 11) is 1.57. The predicted octanol–water partition coefficient (Wildman–Crippen LogP) is 5.24. The zero-order valence-electron chi connectivity index (χ0n) is 16.1. The lowest BCUT2D eigenvalue weighted by molar-refractivity contribution is -0.0506. The molecule has 2 rings (SSSR count). The number of carbonyl (C=O) groups excluding carboxylic acids is 1. The van der Waals surface area contributed by atoms with Crippen LogP contribution in [0.2, 0.25) is 5.02 Å². The summed E-state index contributed by atoms with van der Waals surface area (Å²) < 4.78 is 40.2. The van der Waals surface area contributed by atoms with Crippen LogP contribution in [0.3, 0.4) is 0 Å². The summed E-state index contributed by atoms with van der Waals surface area (Å²) in [5.74, 6) is 0.495. The molecule has 1 unspecified atom stereocenters. The zero-order chi connectivity index (χ0) is 21.2. The normalized spacial score (nSPS) is 11.8. The topological polar surface area (TPSA) is 68.8 Å². The Morgan fingerprint density at radius 1 is 1.14 bits per heavy atom. The molecule has 0 aliphatic carbocycles. The van der Waals surface area contributed by atoms with E-state index < -0.39 is 18.7 Å². The molecule has 0 aromatic heterocycles. The number of benzene rings is 2. The van der Waals surface area contributed by atoms with Gasteiger partial charge in [0.2, 0.25) is 0 Å². The van der Waals surface area contributed by atoms with E-state index in [1.165, 1.54) is 6.07 Å². The highest BCUT2D eigenvalue weighted by Crippen LogP contribution is 2.30. The fraction of sp³-hybridized carbons (Fsp3) is 0.350. The molecule has 0 bridgehead atoms. The van der Waals surface area contributed by atoms with Crippen LogP contribution in [0, 0.1) is 0 Å². The van der Waals surface area contributed by atoms with Gasteiger partial charge in [0, 0.05) is 18.4 Å². The molecule has 0 fully saturated rings. The Hall–Kier alpha value is -2.58. The minimum Gasteiger partial charge on any atom is -0.490 e. The van der Waals surface area contributed by atoms with Crippen LogP contribution in [-0.4, -0.2) is 33.0 Å². The third-order valence-electron chi connectivity index (χ3n) is 3.96. The number of methoxy groups -OCH3 is 1. The van der Waals surface area contributed by atoms with Crippen LogP contribution in [0.4, 0.5) is 19.3 Å². The van der Waals surface area contributed by atoms with E-state index in [-0.39, 0.29) is 5.75 Å². The maximum atomic E-state index is 12.6. The molecule has 9 heteroatoms. The molecule has 2 N–H and O–H groups in total. The third-order valence-corrected chi connectivity index (χ3v) is 4.25. The first kappa shape index (κ1) is 22.7. The number of halogens is 3. The first-order chi connectivity index (χ1) is 13.9. The summed E-state index contributed by atoms with van der Waals surface area (Å²) in [6.45, 7) is -0.350. The van der Waals surface area contributed by atoms with Crippen LogP contribution in [0.1, 0.15) is 24.9 Å². The maximum absolute atomic E-state index is 12.6. The summed E-state index contributed by atoms with van der Waals surface area (Å²) in [4.78, 5) is 12.4. The molecule has 0 saturated carbocycles. The van der Waals surface area contributed by atoms with Crippen LogP contribution in [0.15, 0.2) is 42.5 Å². The number of amides is 2. The summed E-state index contributed by atoms with van der Waals surface area (Å²) in [6.07, 6.45) is 0.476. The van der Waals surface area contributed by atoms with Crippen molar-refractivity contribution in [2.75, 3.05) is 25.6 Å². The molecule has 0 aliphatic rings. The second-order valence-corrected chi connectivity index (χ2v) is 6.37. The number of urea groups is 1. The Morgan fingerprint density at radius 3 is 2.55 bits per heavy atom. The maximum Gasteiger partial charge on any atom is 0.387 e. The summed E-state index contributed by atoms with van der Waals surface area (Å²) in [5, 5.41) is 5.76. The number of rotatable bonds is 10. The van der Waals surface area contributed by atoms with Crippen LogP contribution in [0.25, 0.3) is 0 Å². The molecule has 1 atom stereocenters. The summed E-state index contributed by atoms with van der Waals surface area (Å²) in [5.41, 5.74) is 0.920. The molecule has 2 aromatic carbocycles. The van der Waals surface area contributed by atoms with Gasteiger partial charge in [-0.15, -0.1) is 0 Å². The minimum atomic E-state index is -2.95. The zero-order valence-corrected chi connectivity index (χ0v) is 16.8. The van der Waals surface area contributed by atoms with E-state index in [0.29, 0.717) is 41.7 Å². The monoisotopic (exact) mass is 428 g/mol. The Morgan fingerprint density at radius 2 is 1.90 bits per heavy atom. The molecular formula is C20H23ClF2N2O4. The van der Waals surface area contributed by atoms with Crippen LogP contribution in [0.5, 0.6) is 11.5 Å². The largest absolute Gasteiger partial charge is 0.490 e. The molecule has 0 spiro atoms. The fourth-order valence-corrected chi connectivity index (χ4v) is 2.86. The first-order valence-corrected chi connectivity index (χ1v) is 9.35. The van der Waals surface area contributed by atoms with Crippen molar-refractivity contribution in [2.24, 2.45) is 0 Å². The van der Waals surface area contributed by atoms with E-state index in [9.17, 15) is 13.6 Å². The van der Waals surface area contributed by atoms with Crippen molar-refractivity contribution in [1.82, 2.24) is 5.32 Å². The SMILES string of the molecule is CCC(NC(=O)Nc1ccc(OCCOC)c(Cl)c1)c1ccccc1OC(F)F. The highest BCUT2D eigenvalue weighted by molar-refractivity contribution is 6.32. The molecule has 0 radical (unpaired) electrons. The van der Waals surface area contributed by atoms with Gasteiger partial charge >= 0.3 is 12.6 Å². The number of carbonyl (C=O) groups is 1. The number of para-hydroxylation sites is 1. The molecule has 2 aromatic rings. The van der Waals surface area contributed by atoms with E-state index in [1.54, 1.807) is 43.5 Å². The highest BCUT2D eigenvalue weighted by atomic mass is 35.5. The van der Waals surface area contributed by atoms with Gasteiger partial charge in [0.1, 0.15) is 18.1 Å². The van der Waals surface area contributed by atoms with Gasteiger partial charge in [-0.3, -0.25) is 0 Å². The first-order valence-electron chi connectivity index (χ1n) is 8.97. The van der Waals surface area contributed by atoms with Crippen molar-refractivity contribution in [3.63, 3.8) is 0 Å². The molecule has 0 heterocycles. The summed E-state index contributed by atoms with van der Waals surface area (Å²) in [6, 6.07) is 10.2. The molecule has 6 nitrogen and oxygen atoms in total. The average Bonchev–Trinajstić information content (AvgIpc) is 2.68. The van der Waals surface area contributed by atoms with E-state index in [0.717, 1.165) is 0 Å².